The minimum atomic E-state index is -0.792. The average Bonchev–Trinajstić information content (AvgIpc) is 2.73. The van der Waals surface area contributed by atoms with E-state index in [2.05, 4.69) is 20.5 Å². The molecule has 0 radical (unpaired) electrons. The molecule has 2 heterocycles. The molecule has 2 rings (SSSR count). The molecule has 0 atom stereocenters. The van der Waals surface area contributed by atoms with Crippen LogP contribution in [0.5, 0.6) is 0 Å². The van der Waals surface area contributed by atoms with Crippen LogP contribution in [0, 0.1) is 17.0 Å². The molecule has 0 bridgehead atoms. The fourth-order valence-corrected chi connectivity index (χ4v) is 1.52. The number of anilines is 1. The number of nitro groups is 1. The molecule has 0 saturated heterocycles. The van der Waals surface area contributed by atoms with E-state index in [1.165, 1.54) is 19.2 Å². The number of aryl methyl sites for hydroxylation is 1. The van der Waals surface area contributed by atoms with E-state index in [0.717, 1.165) is 0 Å². The molecule has 0 aliphatic rings. The van der Waals surface area contributed by atoms with Crippen LogP contribution >= 0.6 is 11.6 Å². The minimum absolute atomic E-state index is 0.162. The highest BCUT2D eigenvalue weighted by atomic mass is 35.5. The highest BCUT2D eigenvalue weighted by molar-refractivity contribution is 6.32. The maximum atomic E-state index is 11.9. The predicted octanol–water partition coefficient (Wildman–Crippen LogP) is 1.59. The van der Waals surface area contributed by atoms with E-state index < -0.39 is 16.5 Å². The molecule has 0 aliphatic heterocycles. The second kappa shape index (κ2) is 4.98. The fourth-order valence-electron chi connectivity index (χ4n) is 1.30. The second-order valence-corrected chi connectivity index (χ2v) is 3.69. The van der Waals surface area contributed by atoms with Gasteiger partial charge in [0.05, 0.1) is 4.92 Å². The summed E-state index contributed by atoms with van der Waals surface area (Å²) in [7, 11) is 0. The molecule has 0 saturated carbocycles. The molecule has 0 aliphatic carbocycles. The van der Waals surface area contributed by atoms with Gasteiger partial charge in [0, 0.05) is 13.1 Å². The zero-order chi connectivity index (χ0) is 14.0. The zero-order valence-corrected chi connectivity index (χ0v) is 10.2. The topological polar surface area (TPSA) is 124 Å². The largest absolute Gasteiger partial charge is 0.408 e. The van der Waals surface area contributed by atoms with Crippen molar-refractivity contribution in [3.05, 3.63) is 39.0 Å². The Labute approximate surface area is 110 Å². The number of nitrogens with zero attached hydrogens (tertiary/aromatic N) is 4. The molecule has 9 nitrogen and oxygen atoms in total. The smallest absolute Gasteiger partial charge is 0.322 e. The molecule has 1 amide bonds. The van der Waals surface area contributed by atoms with E-state index in [1.807, 2.05) is 0 Å². The van der Waals surface area contributed by atoms with Crippen molar-refractivity contribution >= 4 is 29.2 Å². The van der Waals surface area contributed by atoms with Crippen LogP contribution in [0.2, 0.25) is 5.15 Å². The van der Waals surface area contributed by atoms with Crippen LogP contribution in [0.15, 0.2) is 16.7 Å². The van der Waals surface area contributed by atoms with Crippen LogP contribution in [0.25, 0.3) is 0 Å². The Bertz CT molecular complexity index is 656. The Hall–Kier alpha value is -2.55. The Morgan fingerprint density at radius 1 is 1.53 bits per heavy atom. The van der Waals surface area contributed by atoms with E-state index >= 15 is 0 Å². The van der Waals surface area contributed by atoms with E-state index in [0.29, 0.717) is 0 Å². The summed E-state index contributed by atoms with van der Waals surface area (Å²) in [5.41, 5.74) is -0.834. The summed E-state index contributed by atoms with van der Waals surface area (Å²) in [6.07, 6.45) is 1.18. The van der Waals surface area contributed by atoms with E-state index in [9.17, 15) is 14.9 Å². The molecule has 2 aromatic rings. The molecule has 0 unspecified atom stereocenters. The first-order valence-electron chi connectivity index (χ1n) is 4.89. The lowest BCUT2D eigenvalue weighted by Crippen LogP contribution is -2.14. The number of rotatable bonds is 3. The molecule has 19 heavy (non-hydrogen) atoms. The van der Waals surface area contributed by atoms with Gasteiger partial charge in [0.15, 0.2) is 0 Å². The van der Waals surface area contributed by atoms with Crippen LogP contribution in [0.3, 0.4) is 0 Å². The van der Waals surface area contributed by atoms with Crippen LogP contribution in [-0.2, 0) is 0 Å². The van der Waals surface area contributed by atoms with Gasteiger partial charge in [-0.1, -0.05) is 16.7 Å². The standard InChI is InChI=1S/C9H6ClN5O4/c1-4-13-14-9(19-4)12-8(16)5-2-3-11-7(10)6(5)15(17)18/h2-3H,1H3,(H,12,14,16). The molecular formula is C9H6ClN5O4. The number of amides is 1. The summed E-state index contributed by atoms with van der Waals surface area (Å²) in [6, 6.07) is 1.01. The van der Waals surface area contributed by atoms with Crippen molar-refractivity contribution in [2.45, 2.75) is 6.92 Å². The van der Waals surface area contributed by atoms with Crippen molar-refractivity contribution in [3.8, 4) is 0 Å². The average molecular weight is 284 g/mol. The zero-order valence-electron chi connectivity index (χ0n) is 9.45. The van der Waals surface area contributed by atoms with Gasteiger partial charge in [-0.3, -0.25) is 20.2 Å². The fraction of sp³-hybridized carbons (Fsp3) is 0.111. The summed E-state index contributed by atoms with van der Waals surface area (Å²) in [4.78, 5) is 25.5. The number of aromatic nitrogens is 3. The summed E-state index contributed by atoms with van der Waals surface area (Å²) in [5.74, 6) is -0.544. The number of pyridine rings is 1. The molecule has 0 fully saturated rings. The number of hydrogen-bond acceptors (Lipinski definition) is 7. The monoisotopic (exact) mass is 283 g/mol. The summed E-state index contributed by atoms with van der Waals surface area (Å²) in [5, 5.41) is 19.8. The van der Waals surface area contributed by atoms with Gasteiger partial charge in [-0.2, -0.15) is 0 Å². The third-order valence-electron chi connectivity index (χ3n) is 2.05. The van der Waals surface area contributed by atoms with Crippen LogP contribution in [0.4, 0.5) is 11.7 Å². The van der Waals surface area contributed by atoms with Gasteiger partial charge in [-0.05, 0) is 6.07 Å². The molecule has 1 N–H and O–H groups in total. The highest BCUT2D eigenvalue weighted by Gasteiger charge is 2.25. The van der Waals surface area contributed by atoms with Crippen molar-refractivity contribution < 1.29 is 14.1 Å². The van der Waals surface area contributed by atoms with Gasteiger partial charge in [0.25, 0.3) is 5.91 Å². The number of carbonyl (C=O) groups excluding carboxylic acids is 1. The van der Waals surface area contributed by atoms with Gasteiger partial charge in [0.2, 0.25) is 11.0 Å². The molecular weight excluding hydrogens is 278 g/mol. The lowest BCUT2D eigenvalue weighted by Gasteiger charge is -2.02. The van der Waals surface area contributed by atoms with Gasteiger partial charge >= 0.3 is 11.7 Å². The first-order valence-corrected chi connectivity index (χ1v) is 5.27. The molecule has 2 aromatic heterocycles. The Balaban J connectivity index is 2.34. The first-order chi connectivity index (χ1) is 8.99. The van der Waals surface area contributed by atoms with Gasteiger partial charge < -0.3 is 4.42 Å². The number of halogens is 1. The maximum absolute atomic E-state index is 11.9. The lowest BCUT2D eigenvalue weighted by molar-refractivity contribution is -0.385. The van der Waals surface area contributed by atoms with Crippen LogP contribution in [-0.4, -0.2) is 26.0 Å². The predicted molar refractivity (Wildman–Crippen MR) is 62.9 cm³/mol. The van der Waals surface area contributed by atoms with Crippen LogP contribution < -0.4 is 5.32 Å². The normalized spacial score (nSPS) is 10.2. The third kappa shape index (κ3) is 2.65. The van der Waals surface area contributed by atoms with E-state index in [-0.39, 0.29) is 22.6 Å². The van der Waals surface area contributed by atoms with E-state index in [1.54, 1.807) is 0 Å². The van der Waals surface area contributed by atoms with Crippen molar-refractivity contribution in [2.24, 2.45) is 0 Å². The van der Waals surface area contributed by atoms with Gasteiger partial charge in [0.1, 0.15) is 5.56 Å². The quantitative estimate of drug-likeness (QED) is 0.515. The molecule has 10 heteroatoms. The SMILES string of the molecule is Cc1nnc(NC(=O)c2ccnc(Cl)c2[N+](=O)[O-])o1. The molecule has 0 spiro atoms. The highest BCUT2D eigenvalue weighted by Crippen LogP contribution is 2.26. The minimum Gasteiger partial charge on any atom is -0.408 e. The van der Waals surface area contributed by atoms with Crippen molar-refractivity contribution in [2.75, 3.05) is 5.32 Å². The van der Waals surface area contributed by atoms with Crippen molar-refractivity contribution in [3.63, 3.8) is 0 Å². The lowest BCUT2D eigenvalue weighted by atomic mass is 10.2. The number of hydrogen-bond donors (Lipinski definition) is 1. The maximum Gasteiger partial charge on any atom is 0.322 e. The van der Waals surface area contributed by atoms with Gasteiger partial charge in [-0.25, -0.2) is 4.98 Å². The van der Waals surface area contributed by atoms with E-state index in [4.69, 9.17) is 16.0 Å². The molecule has 98 valence electrons. The Morgan fingerprint density at radius 2 is 2.26 bits per heavy atom. The Morgan fingerprint density at radius 3 is 2.84 bits per heavy atom. The van der Waals surface area contributed by atoms with Crippen molar-refractivity contribution in [1.29, 1.82) is 0 Å². The third-order valence-corrected chi connectivity index (χ3v) is 2.33. The first kappa shape index (κ1) is 12.9. The summed E-state index contributed by atoms with van der Waals surface area (Å²) >= 11 is 5.59. The second-order valence-electron chi connectivity index (χ2n) is 3.34. The number of nitrogens with one attached hydrogen (secondary N) is 1. The van der Waals surface area contributed by atoms with Crippen molar-refractivity contribution in [1.82, 2.24) is 15.2 Å². The molecule has 0 aromatic carbocycles. The Kier molecular flexibility index (Phi) is 3.38. The summed E-state index contributed by atoms with van der Waals surface area (Å²) in [6.45, 7) is 1.54. The van der Waals surface area contributed by atoms with Gasteiger partial charge in [-0.15, -0.1) is 5.10 Å². The summed E-state index contributed by atoms with van der Waals surface area (Å²) < 4.78 is 4.93. The van der Waals surface area contributed by atoms with Crippen LogP contribution in [0.1, 0.15) is 16.2 Å². The number of carbonyl (C=O) groups is 1.